The Bertz CT molecular complexity index is 143. The monoisotopic (exact) mass is 235 g/mol. The molecule has 0 heterocycles. The zero-order valence-corrected chi connectivity index (χ0v) is 11.3. The minimum atomic E-state index is -2.33. The van der Waals surface area contributed by atoms with Crippen LogP contribution in [0.2, 0.25) is 6.04 Å². The van der Waals surface area contributed by atoms with E-state index in [9.17, 15) is 0 Å². The molecule has 0 aliphatic carbocycles. The van der Waals surface area contributed by atoms with Gasteiger partial charge in [0.1, 0.15) is 0 Å². The number of hydrogen-bond acceptors (Lipinski definition) is 4. The Labute approximate surface area is 94.5 Å². The van der Waals surface area contributed by atoms with Crippen molar-refractivity contribution in [3.8, 4) is 0 Å². The average molecular weight is 235 g/mol. The van der Waals surface area contributed by atoms with Gasteiger partial charge in [-0.05, 0) is 26.3 Å². The summed E-state index contributed by atoms with van der Waals surface area (Å²) in [4.78, 5) is 0. The maximum atomic E-state index is 5.60. The van der Waals surface area contributed by atoms with Crippen molar-refractivity contribution >= 4 is 8.80 Å². The molecule has 0 fully saturated rings. The van der Waals surface area contributed by atoms with Gasteiger partial charge < -0.3 is 19.0 Å². The summed E-state index contributed by atoms with van der Waals surface area (Å²) in [6, 6.07) is 0.901. The van der Waals surface area contributed by atoms with Crippen molar-refractivity contribution in [1.29, 1.82) is 0 Å². The largest absolute Gasteiger partial charge is 0.500 e. The van der Waals surface area contributed by atoms with Crippen LogP contribution in [0.25, 0.3) is 0 Å². The third-order valence-electron chi connectivity index (χ3n) is 2.42. The van der Waals surface area contributed by atoms with Crippen molar-refractivity contribution in [3.05, 3.63) is 0 Å². The lowest BCUT2D eigenvalue weighted by molar-refractivity contribution is 0.103. The van der Waals surface area contributed by atoms with E-state index < -0.39 is 8.80 Å². The molecule has 0 aliphatic rings. The van der Waals surface area contributed by atoms with E-state index in [1.807, 2.05) is 6.92 Å². The highest BCUT2D eigenvalue weighted by molar-refractivity contribution is 6.60. The van der Waals surface area contributed by atoms with Crippen LogP contribution in [0.3, 0.4) is 0 Å². The van der Waals surface area contributed by atoms with Gasteiger partial charge in [-0.1, -0.05) is 12.8 Å². The van der Waals surface area contributed by atoms with Gasteiger partial charge in [0, 0.05) is 26.9 Å². The smallest absolute Gasteiger partial charge is 0.377 e. The van der Waals surface area contributed by atoms with E-state index in [4.69, 9.17) is 19.0 Å². The van der Waals surface area contributed by atoms with Crippen LogP contribution in [-0.4, -0.2) is 36.2 Å². The molecule has 0 atom stereocenters. The van der Waals surface area contributed by atoms with Crippen molar-refractivity contribution in [3.63, 3.8) is 0 Å². The normalized spacial score (nSPS) is 12.0. The Morgan fingerprint density at radius 2 is 1.60 bits per heavy atom. The molecule has 0 spiro atoms. The second-order valence-electron chi connectivity index (χ2n) is 3.48. The van der Waals surface area contributed by atoms with Crippen molar-refractivity contribution in [2.75, 3.05) is 27.4 Å². The Balaban J connectivity index is 3.74. The summed E-state index contributed by atoms with van der Waals surface area (Å²) in [5.74, 6) is 0. The maximum absolute atomic E-state index is 5.60. The Kier molecular flexibility index (Phi) is 9.33. The molecule has 92 valence electrons. The maximum Gasteiger partial charge on any atom is 0.500 e. The van der Waals surface area contributed by atoms with E-state index in [2.05, 4.69) is 0 Å². The summed E-state index contributed by atoms with van der Waals surface area (Å²) in [5, 5.41) is 0. The quantitative estimate of drug-likeness (QED) is 0.463. The highest BCUT2D eigenvalue weighted by Crippen LogP contribution is 2.18. The molecule has 0 bridgehead atoms. The molecule has 0 unspecified atom stereocenters. The second kappa shape index (κ2) is 9.29. The minimum absolute atomic E-state index is 0.650. The third-order valence-corrected chi connectivity index (χ3v) is 5.36. The second-order valence-corrected chi connectivity index (χ2v) is 6.45. The zero-order valence-electron chi connectivity index (χ0n) is 10.3. The molecule has 0 radical (unpaired) electrons. The van der Waals surface area contributed by atoms with Crippen LogP contribution in [0.15, 0.2) is 0 Å². The lowest BCUT2D eigenvalue weighted by Gasteiger charge is -2.25. The molecule has 0 aromatic heterocycles. The summed E-state index contributed by atoms with van der Waals surface area (Å²) in [7, 11) is 1.01. The molecule has 4 nitrogen and oxygen atoms in total. The van der Waals surface area contributed by atoms with Crippen LogP contribution in [0.5, 0.6) is 0 Å². The Hall–Kier alpha value is 0.0569. The molecular weight excluding hydrogens is 210 g/mol. The van der Waals surface area contributed by atoms with Crippen LogP contribution in [0, 0.1) is 0 Å². The van der Waals surface area contributed by atoms with Gasteiger partial charge in [-0.3, -0.25) is 0 Å². The molecule has 0 aromatic carbocycles. The van der Waals surface area contributed by atoms with Gasteiger partial charge >= 0.3 is 8.80 Å². The fourth-order valence-electron chi connectivity index (χ4n) is 1.54. The van der Waals surface area contributed by atoms with Crippen molar-refractivity contribution in [2.45, 2.75) is 38.7 Å². The molecule has 0 rings (SSSR count). The van der Waals surface area contributed by atoms with Crippen LogP contribution >= 0.6 is 0 Å². The predicted octanol–water partition coefficient (Wildman–Crippen LogP) is 1.77. The summed E-state index contributed by atoms with van der Waals surface area (Å²) < 4.78 is 16.4. The fourth-order valence-corrected chi connectivity index (χ4v) is 3.61. The molecule has 0 aliphatic heterocycles. The van der Waals surface area contributed by atoms with Gasteiger partial charge in [-0.25, -0.2) is 0 Å². The van der Waals surface area contributed by atoms with Crippen LogP contribution in [-0.2, 0) is 13.3 Å². The first-order valence-corrected chi connectivity index (χ1v) is 7.62. The summed E-state index contributed by atoms with van der Waals surface area (Å²) in [6.45, 7) is 3.40. The van der Waals surface area contributed by atoms with Crippen LogP contribution < -0.4 is 5.73 Å². The molecule has 5 heteroatoms. The topological polar surface area (TPSA) is 53.7 Å². The van der Waals surface area contributed by atoms with E-state index >= 15 is 0 Å². The third kappa shape index (κ3) is 6.27. The lowest BCUT2D eigenvalue weighted by Crippen LogP contribution is -2.43. The van der Waals surface area contributed by atoms with Gasteiger partial charge in [0.15, 0.2) is 0 Å². The van der Waals surface area contributed by atoms with Gasteiger partial charge in [0.05, 0.1) is 0 Å². The van der Waals surface area contributed by atoms with Crippen molar-refractivity contribution in [2.24, 2.45) is 5.73 Å². The first kappa shape index (κ1) is 15.1. The summed E-state index contributed by atoms with van der Waals surface area (Å²) in [6.07, 6.45) is 4.54. The molecule has 2 N–H and O–H groups in total. The van der Waals surface area contributed by atoms with Gasteiger partial charge in [0.2, 0.25) is 0 Å². The molecule has 0 saturated heterocycles. The summed E-state index contributed by atoms with van der Waals surface area (Å²) in [5.41, 5.74) is 5.43. The van der Waals surface area contributed by atoms with E-state index in [1.165, 1.54) is 12.8 Å². The van der Waals surface area contributed by atoms with Crippen LogP contribution in [0.1, 0.15) is 32.6 Å². The minimum Gasteiger partial charge on any atom is -0.377 e. The van der Waals surface area contributed by atoms with E-state index in [0.29, 0.717) is 6.61 Å². The first-order chi connectivity index (χ1) is 7.24. The van der Waals surface area contributed by atoms with Crippen molar-refractivity contribution < 1.29 is 13.3 Å². The Morgan fingerprint density at radius 3 is 2.07 bits per heavy atom. The van der Waals surface area contributed by atoms with Gasteiger partial charge in [0.25, 0.3) is 0 Å². The SMILES string of the molecule is CCO[Si](CCCCCCN)(OC)OC. The number of unbranched alkanes of at least 4 members (excludes halogenated alkanes) is 3. The van der Waals surface area contributed by atoms with Crippen molar-refractivity contribution in [1.82, 2.24) is 0 Å². The summed E-state index contributed by atoms with van der Waals surface area (Å²) >= 11 is 0. The van der Waals surface area contributed by atoms with E-state index in [-0.39, 0.29) is 0 Å². The van der Waals surface area contributed by atoms with E-state index in [0.717, 1.165) is 25.4 Å². The lowest BCUT2D eigenvalue weighted by atomic mass is 10.2. The highest BCUT2D eigenvalue weighted by Gasteiger charge is 2.37. The number of hydrogen-bond donors (Lipinski definition) is 1. The predicted molar refractivity (Wildman–Crippen MR) is 63.7 cm³/mol. The Morgan fingerprint density at radius 1 is 1.00 bits per heavy atom. The van der Waals surface area contributed by atoms with Gasteiger partial charge in [-0.2, -0.15) is 0 Å². The first-order valence-electron chi connectivity index (χ1n) is 5.69. The standard InChI is InChI=1S/C10H25NO3Si/c1-4-14-15(12-2,13-3)10-8-6-5-7-9-11/h4-11H2,1-3H3. The zero-order chi connectivity index (χ0) is 11.6. The molecule has 15 heavy (non-hydrogen) atoms. The van der Waals surface area contributed by atoms with Gasteiger partial charge in [-0.15, -0.1) is 0 Å². The number of nitrogens with two attached hydrogens (primary N) is 1. The highest BCUT2D eigenvalue weighted by atomic mass is 28.4. The fraction of sp³-hybridized carbons (Fsp3) is 1.00. The molecule has 0 amide bonds. The molecular formula is C10H25NO3Si. The average Bonchev–Trinajstić information content (AvgIpc) is 2.27. The van der Waals surface area contributed by atoms with E-state index in [1.54, 1.807) is 14.2 Å². The van der Waals surface area contributed by atoms with Crippen LogP contribution in [0.4, 0.5) is 0 Å². The molecule has 0 saturated carbocycles. The number of rotatable bonds is 10. The molecule has 0 aromatic rings.